The van der Waals surface area contributed by atoms with E-state index in [2.05, 4.69) is 5.10 Å². The molecule has 2 rings (SSSR count). The Bertz CT molecular complexity index is 513. The number of aromatic nitrogens is 2. The van der Waals surface area contributed by atoms with Crippen molar-refractivity contribution in [1.82, 2.24) is 9.78 Å². The average molecular weight is 282 g/mol. The van der Waals surface area contributed by atoms with Crippen molar-refractivity contribution in [1.29, 1.82) is 0 Å². The molecular weight excluding hydrogens is 274 g/mol. The smallest absolute Gasteiger partial charge is 0.445 e. The molecule has 1 heterocycles. The van der Waals surface area contributed by atoms with E-state index in [-0.39, 0.29) is 63.5 Å². The number of benzene rings is 1. The maximum Gasteiger partial charge on any atom is 1.00 e. The number of nitrogens with zero attached hydrogens (tertiary/aromatic N) is 2. The molecule has 0 amide bonds. The van der Waals surface area contributed by atoms with Gasteiger partial charge >= 0.3 is 58.4 Å². The van der Waals surface area contributed by atoms with Crippen LogP contribution in [0, 0.1) is 5.82 Å². The van der Waals surface area contributed by atoms with Crippen molar-refractivity contribution in [3.63, 3.8) is 0 Å². The Hall–Kier alpha value is -0.149. The molecule has 8 heteroatoms. The first kappa shape index (κ1) is 15.9. The van der Waals surface area contributed by atoms with Gasteiger partial charge in [-0.3, -0.25) is 4.68 Å². The fraction of sp³-hybridized carbons (Fsp3) is 0.100. The Kier molecular flexibility index (Phi) is 5.60. The van der Waals surface area contributed by atoms with Crippen molar-refractivity contribution in [3.8, 4) is 0 Å². The molecule has 1 aromatic carbocycles. The zero-order valence-corrected chi connectivity index (χ0v) is 12.8. The molecule has 0 saturated carbocycles. The van der Waals surface area contributed by atoms with Crippen LogP contribution in [0.2, 0.25) is 0 Å². The van der Waals surface area contributed by atoms with Crippen LogP contribution in [-0.2, 0) is 6.54 Å². The Morgan fingerprint density at radius 3 is 2.44 bits per heavy atom. The third-order valence-electron chi connectivity index (χ3n) is 2.35. The minimum atomic E-state index is -5.16. The molecule has 0 radical (unpaired) electrons. The van der Waals surface area contributed by atoms with Gasteiger partial charge in [-0.25, -0.2) is 4.39 Å². The van der Waals surface area contributed by atoms with Gasteiger partial charge in [0.2, 0.25) is 0 Å². The zero-order chi connectivity index (χ0) is 12.5. The van der Waals surface area contributed by atoms with E-state index in [1.165, 1.54) is 10.9 Å². The molecule has 0 spiro atoms. The molecule has 0 atom stereocenters. The van der Waals surface area contributed by atoms with Crippen LogP contribution >= 0.6 is 0 Å². The number of hydrogen-bond donors (Lipinski definition) is 0. The fourth-order valence-electron chi connectivity index (χ4n) is 1.46. The summed E-state index contributed by atoms with van der Waals surface area (Å²) in [7, 11) is 0. The van der Waals surface area contributed by atoms with Crippen LogP contribution in [0.3, 0.4) is 0 Å². The first-order chi connectivity index (χ1) is 7.97. The van der Waals surface area contributed by atoms with E-state index in [0.29, 0.717) is 6.07 Å². The summed E-state index contributed by atoms with van der Waals surface area (Å²) < 4.78 is 51.9. The van der Waals surface area contributed by atoms with Crippen LogP contribution in [0.1, 0.15) is 5.56 Å². The van der Waals surface area contributed by atoms with Gasteiger partial charge in [0, 0.05) is 18.0 Å². The summed E-state index contributed by atoms with van der Waals surface area (Å²) in [4.78, 5) is 0. The van der Waals surface area contributed by atoms with Gasteiger partial charge in [0.05, 0.1) is 6.54 Å². The summed E-state index contributed by atoms with van der Waals surface area (Å²) in [5, 5.41) is 3.86. The third kappa shape index (κ3) is 3.92. The summed E-state index contributed by atoms with van der Waals surface area (Å²) in [6, 6.07) is 4.22. The Labute approximate surface area is 144 Å². The molecule has 1 aromatic heterocycles. The SMILES string of the molecule is Fc1cc([B-](F)(F)F)ccc1Cn1cccn1.[K+]. The van der Waals surface area contributed by atoms with Gasteiger partial charge < -0.3 is 12.9 Å². The third-order valence-corrected chi connectivity index (χ3v) is 2.35. The predicted molar refractivity (Wildman–Crippen MR) is 56.4 cm³/mol. The molecule has 0 N–H and O–H groups in total. The molecular formula is C10H8BF4KN2. The van der Waals surface area contributed by atoms with Gasteiger partial charge in [-0.1, -0.05) is 18.2 Å². The maximum atomic E-state index is 13.4. The van der Waals surface area contributed by atoms with Crippen molar-refractivity contribution in [3.05, 3.63) is 48.0 Å². The minimum absolute atomic E-state index is 0. The fourth-order valence-corrected chi connectivity index (χ4v) is 1.46. The Balaban J connectivity index is 0.00000162. The summed E-state index contributed by atoms with van der Waals surface area (Å²) in [6.45, 7) is -5.04. The van der Waals surface area contributed by atoms with E-state index >= 15 is 0 Å². The van der Waals surface area contributed by atoms with E-state index in [1.807, 2.05) is 0 Å². The zero-order valence-electron chi connectivity index (χ0n) is 9.65. The second kappa shape index (κ2) is 6.34. The largest absolute Gasteiger partial charge is 1.00 e. The topological polar surface area (TPSA) is 17.8 Å². The molecule has 2 nitrogen and oxygen atoms in total. The summed E-state index contributed by atoms with van der Waals surface area (Å²) in [6.07, 6.45) is 3.13. The van der Waals surface area contributed by atoms with Crippen LogP contribution in [0.4, 0.5) is 17.3 Å². The van der Waals surface area contributed by atoms with Crippen LogP contribution < -0.4 is 56.8 Å². The van der Waals surface area contributed by atoms with Crippen LogP contribution in [0.15, 0.2) is 36.7 Å². The van der Waals surface area contributed by atoms with Gasteiger partial charge in [0.1, 0.15) is 5.82 Å². The predicted octanol–water partition coefficient (Wildman–Crippen LogP) is -0.871. The summed E-state index contributed by atoms with van der Waals surface area (Å²) in [5.74, 6) is -0.864. The van der Waals surface area contributed by atoms with Crippen molar-refractivity contribution < 1.29 is 68.7 Å². The van der Waals surface area contributed by atoms with Gasteiger partial charge in [0.25, 0.3) is 0 Å². The van der Waals surface area contributed by atoms with Crippen molar-refractivity contribution in [2.75, 3.05) is 0 Å². The molecule has 90 valence electrons. The number of rotatable bonds is 3. The standard InChI is InChI=1S/C10H8BF4N2.K/c12-10-6-9(11(13,14)15)3-2-8(10)7-17-5-1-4-16-17;/h1-6H,7H2;/q-1;+1. The second-order valence-corrected chi connectivity index (χ2v) is 3.63. The first-order valence-corrected chi connectivity index (χ1v) is 4.92. The van der Waals surface area contributed by atoms with Crippen LogP contribution in [-0.4, -0.2) is 16.8 Å². The van der Waals surface area contributed by atoms with Gasteiger partial charge in [-0.2, -0.15) is 5.10 Å². The van der Waals surface area contributed by atoms with E-state index in [9.17, 15) is 17.3 Å². The average Bonchev–Trinajstić information content (AvgIpc) is 2.72. The van der Waals surface area contributed by atoms with E-state index in [4.69, 9.17) is 0 Å². The molecule has 0 saturated heterocycles. The first-order valence-electron chi connectivity index (χ1n) is 4.92. The number of halogens is 4. The Morgan fingerprint density at radius 1 is 1.22 bits per heavy atom. The molecule has 2 aromatic rings. The maximum absolute atomic E-state index is 13.4. The van der Waals surface area contributed by atoms with E-state index in [1.54, 1.807) is 12.3 Å². The van der Waals surface area contributed by atoms with Gasteiger partial charge in [-0.15, -0.1) is 5.46 Å². The molecule has 0 aliphatic rings. The van der Waals surface area contributed by atoms with Gasteiger partial charge in [0.15, 0.2) is 0 Å². The molecule has 0 fully saturated rings. The minimum Gasteiger partial charge on any atom is -0.445 e. The van der Waals surface area contributed by atoms with Crippen molar-refractivity contribution in [2.24, 2.45) is 0 Å². The van der Waals surface area contributed by atoms with Gasteiger partial charge in [-0.05, 0) is 6.07 Å². The molecule has 18 heavy (non-hydrogen) atoms. The number of hydrogen-bond acceptors (Lipinski definition) is 1. The van der Waals surface area contributed by atoms with Crippen LogP contribution in [0.5, 0.6) is 0 Å². The molecule has 0 bridgehead atoms. The van der Waals surface area contributed by atoms with E-state index in [0.717, 1.165) is 12.1 Å². The Morgan fingerprint density at radius 2 is 1.94 bits per heavy atom. The monoisotopic (exact) mass is 282 g/mol. The quantitative estimate of drug-likeness (QED) is 0.528. The van der Waals surface area contributed by atoms with Crippen molar-refractivity contribution in [2.45, 2.75) is 6.54 Å². The normalized spacial score (nSPS) is 11.1. The molecule has 0 unspecified atom stereocenters. The van der Waals surface area contributed by atoms with Crippen molar-refractivity contribution >= 4 is 12.4 Å². The summed E-state index contributed by atoms with van der Waals surface area (Å²) >= 11 is 0. The van der Waals surface area contributed by atoms with Crippen LogP contribution in [0.25, 0.3) is 0 Å². The second-order valence-electron chi connectivity index (χ2n) is 3.63. The van der Waals surface area contributed by atoms with E-state index < -0.39 is 18.3 Å². The molecule has 0 aliphatic heterocycles. The summed E-state index contributed by atoms with van der Waals surface area (Å²) in [5.41, 5.74) is -0.746. The molecule has 0 aliphatic carbocycles.